The molecule has 0 atom stereocenters. The zero-order valence-corrected chi connectivity index (χ0v) is 11.8. The summed E-state index contributed by atoms with van der Waals surface area (Å²) in [6, 6.07) is 5.46. The maximum absolute atomic E-state index is 13.4. The van der Waals surface area contributed by atoms with E-state index in [1.165, 1.54) is 24.4 Å². The molecule has 22 heavy (non-hydrogen) atoms. The van der Waals surface area contributed by atoms with Crippen molar-refractivity contribution in [1.29, 1.82) is 0 Å². The Hall–Kier alpha value is -3.03. The number of nitrogens with two attached hydrogens (primary N) is 2. The second kappa shape index (κ2) is 6.61. The number of amides is 1. The predicted molar refractivity (Wildman–Crippen MR) is 80.2 cm³/mol. The number of rotatable bonds is 4. The highest BCUT2D eigenvalue weighted by Crippen LogP contribution is 2.33. The summed E-state index contributed by atoms with van der Waals surface area (Å²) in [4.78, 5) is 15.4. The number of carbonyl (C=O) groups excluding carboxylic acids is 1. The summed E-state index contributed by atoms with van der Waals surface area (Å²) in [5.74, 6) is -0.171. The molecule has 7 nitrogen and oxygen atoms in total. The quantitative estimate of drug-likeness (QED) is 0.749. The predicted octanol–water partition coefficient (Wildman–Crippen LogP) is 2.75. The van der Waals surface area contributed by atoms with Crippen molar-refractivity contribution >= 4 is 23.3 Å². The number of benzene rings is 1. The molecule has 5 N–H and O–H groups in total. The van der Waals surface area contributed by atoms with Gasteiger partial charge < -0.3 is 20.9 Å². The molecule has 1 amide bonds. The van der Waals surface area contributed by atoms with Crippen LogP contribution in [0.25, 0.3) is 0 Å². The van der Waals surface area contributed by atoms with Crippen LogP contribution in [0.15, 0.2) is 30.5 Å². The van der Waals surface area contributed by atoms with Gasteiger partial charge in [-0.3, -0.25) is 5.32 Å². The number of hydrogen-bond acceptors (Lipinski definition) is 6. The summed E-state index contributed by atoms with van der Waals surface area (Å²) >= 11 is 0. The maximum Gasteiger partial charge on any atom is 0.411 e. The molecule has 2 aromatic rings. The van der Waals surface area contributed by atoms with Gasteiger partial charge in [0, 0.05) is 18.3 Å². The lowest BCUT2D eigenvalue weighted by Crippen LogP contribution is -2.15. The minimum Gasteiger partial charge on any atom is -0.455 e. The molecule has 0 aliphatic heterocycles. The van der Waals surface area contributed by atoms with Crippen molar-refractivity contribution in [2.75, 3.05) is 23.4 Å². The summed E-state index contributed by atoms with van der Waals surface area (Å²) in [5, 5.41) is 2.43. The van der Waals surface area contributed by atoms with Crippen molar-refractivity contribution in [1.82, 2.24) is 4.98 Å². The number of aromatic nitrogens is 1. The van der Waals surface area contributed by atoms with E-state index in [-0.39, 0.29) is 35.3 Å². The van der Waals surface area contributed by atoms with Crippen molar-refractivity contribution in [3.63, 3.8) is 0 Å². The second-order valence-electron chi connectivity index (χ2n) is 4.20. The zero-order chi connectivity index (χ0) is 16.1. The normalized spacial score (nSPS) is 10.1. The molecule has 0 spiro atoms. The highest BCUT2D eigenvalue weighted by atomic mass is 19.1. The molecule has 1 aromatic carbocycles. The van der Waals surface area contributed by atoms with Crippen molar-refractivity contribution < 1.29 is 18.7 Å². The van der Waals surface area contributed by atoms with Crippen LogP contribution in [0.1, 0.15) is 6.92 Å². The Kier molecular flexibility index (Phi) is 4.62. The molecule has 0 saturated carbocycles. The smallest absolute Gasteiger partial charge is 0.411 e. The molecule has 0 bridgehead atoms. The first-order valence-electron chi connectivity index (χ1n) is 6.42. The van der Waals surface area contributed by atoms with Gasteiger partial charge in [0.1, 0.15) is 17.3 Å². The number of pyridine rings is 1. The highest BCUT2D eigenvalue weighted by molar-refractivity contribution is 5.90. The van der Waals surface area contributed by atoms with Crippen LogP contribution in [0, 0.1) is 5.82 Å². The second-order valence-corrected chi connectivity index (χ2v) is 4.20. The molecule has 0 fully saturated rings. The lowest BCUT2D eigenvalue weighted by molar-refractivity contribution is 0.168. The van der Waals surface area contributed by atoms with Crippen molar-refractivity contribution in [2.24, 2.45) is 0 Å². The van der Waals surface area contributed by atoms with Gasteiger partial charge in [0.2, 0.25) is 0 Å². The topological polar surface area (TPSA) is 112 Å². The first-order valence-corrected chi connectivity index (χ1v) is 6.42. The molecule has 0 radical (unpaired) electrons. The largest absolute Gasteiger partial charge is 0.455 e. The Morgan fingerprint density at radius 3 is 2.82 bits per heavy atom. The third-order valence-corrected chi connectivity index (χ3v) is 2.64. The van der Waals surface area contributed by atoms with E-state index < -0.39 is 11.9 Å². The van der Waals surface area contributed by atoms with E-state index in [2.05, 4.69) is 10.3 Å². The fraction of sp³-hybridized carbons (Fsp3) is 0.143. The van der Waals surface area contributed by atoms with Gasteiger partial charge in [0.05, 0.1) is 12.3 Å². The molecule has 0 saturated heterocycles. The summed E-state index contributed by atoms with van der Waals surface area (Å²) in [7, 11) is 0. The Morgan fingerprint density at radius 1 is 1.36 bits per heavy atom. The first kappa shape index (κ1) is 15.4. The van der Waals surface area contributed by atoms with Crippen LogP contribution in [0.3, 0.4) is 0 Å². The Morgan fingerprint density at radius 2 is 2.14 bits per heavy atom. The van der Waals surface area contributed by atoms with Crippen LogP contribution in [-0.2, 0) is 4.74 Å². The first-order chi connectivity index (χ1) is 10.5. The minimum atomic E-state index is -0.699. The van der Waals surface area contributed by atoms with Gasteiger partial charge in [-0.1, -0.05) is 0 Å². The van der Waals surface area contributed by atoms with Gasteiger partial charge in [-0.25, -0.2) is 14.2 Å². The average Bonchev–Trinajstić information content (AvgIpc) is 2.47. The van der Waals surface area contributed by atoms with Crippen molar-refractivity contribution in [3.05, 3.63) is 36.3 Å². The van der Waals surface area contributed by atoms with E-state index in [9.17, 15) is 9.18 Å². The summed E-state index contributed by atoms with van der Waals surface area (Å²) in [6.45, 7) is 1.87. The van der Waals surface area contributed by atoms with Gasteiger partial charge in [-0.2, -0.15) is 0 Å². The lowest BCUT2D eigenvalue weighted by Gasteiger charge is -2.13. The average molecular weight is 306 g/mol. The molecular formula is C14H15FN4O3. The maximum atomic E-state index is 13.4. The molecular weight excluding hydrogens is 291 g/mol. The number of anilines is 3. The fourth-order valence-electron chi connectivity index (χ4n) is 1.64. The van der Waals surface area contributed by atoms with E-state index in [4.69, 9.17) is 20.9 Å². The van der Waals surface area contributed by atoms with Crippen molar-refractivity contribution in [2.45, 2.75) is 6.92 Å². The van der Waals surface area contributed by atoms with E-state index >= 15 is 0 Å². The summed E-state index contributed by atoms with van der Waals surface area (Å²) in [6.07, 6.45) is 0.699. The number of carbonyl (C=O) groups is 1. The number of nitrogens with zero attached hydrogens (tertiary/aromatic N) is 1. The van der Waals surface area contributed by atoms with Crippen LogP contribution in [-0.4, -0.2) is 17.7 Å². The zero-order valence-electron chi connectivity index (χ0n) is 11.8. The van der Waals surface area contributed by atoms with Crippen LogP contribution in [0.4, 0.5) is 26.4 Å². The van der Waals surface area contributed by atoms with Gasteiger partial charge in [-0.15, -0.1) is 0 Å². The molecule has 0 aliphatic rings. The van der Waals surface area contributed by atoms with Gasteiger partial charge in [0.25, 0.3) is 0 Å². The number of nitrogen functional groups attached to an aromatic ring is 2. The molecule has 116 valence electrons. The third kappa shape index (κ3) is 3.54. The molecule has 8 heteroatoms. The van der Waals surface area contributed by atoms with Gasteiger partial charge >= 0.3 is 6.09 Å². The lowest BCUT2D eigenvalue weighted by atomic mass is 10.3. The Labute approximate surface area is 126 Å². The highest BCUT2D eigenvalue weighted by Gasteiger charge is 2.14. The van der Waals surface area contributed by atoms with Crippen LogP contribution >= 0.6 is 0 Å². The van der Waals surface area contributed by atoms with E-state index in [1.807, 2.05) is 0 Å². The standard InChI is InChI=1S/C14H15FN4O3/c1-2-21-14(20)19-12-11(5-6-18-13(12)17)22-8-3-4-10(16)9(15)7-8/h3-7H,2,16H2,1H3,(H2,17,18)(H,19,20). The molecule has 2 rings (SSSR count). The van der Waals surface area contributed by atoms with E-state index in [0.717, 1.165) is 6.07 Å². The van der Waals surface area contributed by atoms with E-state index in [1.54, 1.807) is 6.92 Å². The Bertz CT molecular complexity index is 694. The summed E-state index contributed by atoms with van der Waals surface area (Å²) < 4.78 is 23.7. The van der Waals surface area contributed by atoms with Gasteiger partial charge in [0.15, 0.2) is 11.6 Å². The number of ether oxygens (including phenoxy) is 2. The molecule has 0 unspecified atom stereocenters. The fourth-order valence-corrected chi connectivity index (χ4v) is 1.64. The van der Waals surface area contributed by atoms with Crippen LogP contribution < -0.4 is 21.5 Å². The summed E-state index contributed by atoms with van der Waals surface area (Å²) in [5.41, 5.74) is 11.3. The monoisotopic (exact) mass is 306 g/mol. The SMILES string of the molecule is CCOC(=O)Nc1c(Oc2ccc(N)c(F)c2)ccnc1N. The van der Waals surface area contributed by atoms with Crippen LogP contribution in [0.2, 0.25) is 0 Å². The third-order valence-electron chi connectivity index (χ3n) is 2.64. The molecule has 1 aromatic heterocycles. The number of halogens is 1. The van der Waals surface area contributed by atoms with Crippen molar-refractivity contribution in [3.8, 4) is 11.5 Å². The molecule has 1 heterocycles. The number of hydrogen-bond donors (Lipinski definition) is 3. The van der Waals surface area contributed by atoms with E-state index in [0.29, 0.717) is 0 Å². The molecule has 0 aliphatic carbocycles. The Balaban J connectivity index is 2.28. The van der Waals surface area contributed by atoms with Crippen LogP contribution in [0.5, 0.6) is 11.5 Å². The van der Waals surface area contributed by atoms with Gasteiger partial charge in [-0.05, 0) is 19.1 Å². The minimum absolute atomic E-state index is 0.00599. The number of nitrogens with one attached hydrogen (secondary N) is 1.